The van der Waals surface area contributed by atoms with E-state index in [-0.39, 0.29) is 6.61 Å². The molecule has 2 aromatic heterocycles. The fourth-order valence-electron chi connectivity index (χ4n) is 2.18. The molecule has 0 aliphatic carbocycles. The third-order valence-electron chi connectivity index (χ3n) is 3.10. The number of aryl methyl sites for hydroxylation is 2. The van der Waals surface area contributed by atoms with Crippen molar-refractivity contribution in [2.45, 2.75) is 20.8 Å². The van der Waals surface area contributed by atoms with E-state index < -0.39 is 0 Å². The Kier molecular flexibility index (Phi) is 4.19. The number of aliphatic hydroxyl groups excluding tert-OH is 1. The molecule has 0 saturated carbocycles. The lowest BCUT2D eigenvalue weighted by Crippen LogP contribution is -2.28. The van der Waals surface area contributed by atoms with Crippen molar-refractivity contribution in [3.8, 4) is 5.82 Å². The van der Waals surface area contributed by atoms with Crippen molar-refractivity contribution in [3.63, 3.8) is 0 Å². The second-order valence-electron chi connectivity index (χ2n) is 4.58. The summed E-state index contributed by atoms with van der Waals surface area (Å²) in [5.41, 5.74) is 8.53. The summed E-state index contributed by atoms with van der Waals surface area (Å²) < 4.78 is 1.71. The molecule has 0 unspecified atom stereocenters. The third kappa shape index (κ3) is 2.57. The van der Waals surface area contributed by atoms with Crippen molar-refractivity contribution in [2.75, 3.05) is 30.3 Å². The molecule has 2 aromatic rings. The van der Waals surface area contributed by atoms with Crippen molar-refractivity contribution in [1.29, 1.82) is 0 Å². The Bertz CT molecular complexity index is 595. The summed E-state index contributed by atoms with van der Waals surface area (Å²) in [5, 5.41) is 13.5. The van der Waals surface area contributed by atoms with Gasteiger partial charge in [-0.1, -0.05) is 0 Å². The highest BCUT2D eigenvalue weighted by molar-refractivity contribution is 5.70. The summed E-state index contributed by atoms with van der Waals surface area (Å²) in [6.45, 7) is 7.09. The largest absolute Gasteiger partial charge is 0.395 e. The Balaban J connectivity index is 2.49. The molecule has 0 radical (unpaired) electrons. The highest BCUT2D eigenvalue weighted by Gasteiger charge is 2.16. The number of hydrogen-bond donors (Lipinski definition) is 2. The maximum atomic E-state index is 9.11. The normalized spacial score (nSPS) is 10.8. The van der Waals surface area contributed by atoms with Crippen LogP contribution < -0.4 is 10.6 Å². The Labute approximate surface area is 118 Å². The molecule has 2 heterocycles. The molecule has 3 N–H and O–H groups in total. The first kappa shape index (κ1) is 14.3. The lowest BCUT2D eigenvalue weighted by Gasteiger charge is -2.22. The summed E-state index contributed by atoms with van der Waals surface area (Å²) in [5.74, 6) is 1.19. The lowest BCUT2D eigenvalue weighted by molar-refractivity contribution is 0.302. The van der Waals surface area contributed by atoms with Gasteiger partial charge in [0.15, 0.2) is 11.6 Å². The summed E-state index contributed by atoms with van der Waals surface area (Å²) >= 11 is 0. The van der Waals surface area contributed by atoms with Crippen molar-refractivity contribution in [2.24, 2.45) is 0 Å². The minimum atomic E-state index is 0.0481. The fraction of sp³-hybridized carbons (Fsp3) is 0.462. The second-order valence-corrected chi connectivity index (χ2v) is 4.58. The molecule has 0 atom stereocenters. The zero-order valence-corrected chi connectivity index (χ0v) is 12.0. The topological polar surface area (TPSA) is 93.1 Å². The number of nitrogens with two attached hydrogens (primary N) is 1. The maximum Gasteiger partial charge on any atom is 0.182 e. The maximum absolute atomic E-state index is 9.11. The van der Waals surface area contributed by atoms with Crippen molar-refractivity contribution in [1.82, 2.24) is 19.7 Å². The van der Waals surface area contributed by atoms with E-state index in [0.29, 0.717) is 30.4 Å². The predicted octanol–water partition coefficient (Wildman–Crippen LogP) is 0.680. The highest BCUT2D eigenvalue weighted by Crippen LogP contribution is 2.25. The minimum Gasteiger partial charge on any atom is -0.395 e. The van der Waals surface area contributed by atoms with Gasteiger partial charge in [-0.2, -0.15) is 5.10 Å². The number of aromatic nitrogens is 4. The van der Waals surface area contributed by atoms with E-state index in [9.17, 15) is 0 Å². The molecule has 7 nitrogen and oxygen atoms in total. The van der Waals surface area contributed by atoms with E-state index in [0.717, 1.165) is 11.4 Å². The molecule has 0 saturated heterocycles. The predicted molar refractivity (Wildman–Crippen MR) is 78.0 cm³/mol. The van der Waals surface area contributed by atoms with E-state index in [4.69, 9.17) is 10.8 Å². The molecule has 0 amide bonds. The zero-order valence-electron chi connectivity index (χ0n) is 12.0. The summed E-state index contributed by atoms with van der Waals surface area (Å²) in [6, 6.07) is 1.96. The number of aliphatic hydroxyl groups is 1. The number of hydrogen-bond acceptors (Lipinski definition) is 6. The fourth-order valence-corrected chi connectivity index (χ4v) is 2.18. The number of nitrogens with zero attached hydrogens (tertiary/aromatic N) is 5. The van der Waals surface area contributed by atoms with Crippen molar-refractivity contribution < 1.29 is 5.11 Å². The van der Waals surface area contributed by atoms with Crippen LogP contribution in [-0.2, 0) is 0 Å². The van der Waals surface area contributed by atoms with Gasteiger partial charge in [0.1, 0.15) is 12.0 Å². The van der Waals surface area contributed by atoms with Crippen LogP contribution in [0.15, 0.2) is 12.4 Å². The average Bonchev–Trinajstić information content (AvgIpc) is 2.75. The average molecular weight is 276 g/mol. The molecule has 20 heavy (non-hydrogen) atoms. The van der Waals surface area contributed by atoms with E-state index in [1.165, 1.54) is 6.33 Å². The molecular weight excluding hydrogens is 256 g/mol. The van der Waals surface area contributed by atoms with Gasteiger partial charge in [-0.3, -0.25) is 0 Å². The van der Waals surface area contributed by atoms with Gasteiger partial charge in [-0.25, -0.2) is 14.6 Å². The van der Waals surface area contributed by atoms with Gasteiger partial charge in [0.05, 0.1) is 12.3 Å². The van der Waals surface area contributed by atoms with Crippen LogP contribution >= 0.6 is 0 Å². The molecule has 0 spiro atoms. The summed E-state index contributed by atoms with van der Waals surface area (Å²) in [4.78, 5) is 10.4. The number of nitrogen functional groups attached to an aromatic ring is 1. The zero-order chi connectivity index (χ0) is 14.7. The monoisotopic (exact) mass is 276 g/mol. The minimum absolute atomic E-state index is 0.0481. The highest BCUT2D eigenvalue weighted by atomic mass is 16.3. The first-order valence-corrected chi connectivity index (χ1v) is 6.58. The quantitative estimate of drug-likeness (QED) is 0.834. The van der Waals surface area contributed by atoms with Crippen LogP contribution in [0.25, 0.3) is 5.82 Å². The first-order chi connectivity index (χ1) is 9.58. The van der Waals surface area contributed by atoms with Crippen LogP contribution in [0.2, 0.25) is 0 Å². The molecule has 108 valence electrons. The van der Waals surface area contributed by atoms with Gasteiger partial charge >= 0.3 is 0 Å². The Morgan fingerprint density at radius 2 is 2.10 bits per heavy atom. The van der Waals surface area contributed by atoms with Crippen LogP contribution in [-0.4, -0.2) is 44.6 Å². The lowest BCUT2D eigenvalue weighted by atomic mass is 10.3. The SMILES string of the molecule is CCN(CCO)c1ncnc(-n2nc(C)cc2C)c1N. The van der Waals surface area contributed by atoms with Gasteiger partial charge in [-0.05, 0) is 26.8 Å². The van der Waals surface area contributed by atoms with Gasteiger partial charge < -0.3 is 15.7 Å². The van der Waals surface area contributed by atoms with E-state index in [1.54, 1.807) is 4.68 Å². The standard InChI is InChI=1S/C13H20N6O/c1-4-18(5-6-20)12-11(14)13(16-8-15-12)19-10(3)7-9(2)17-19/h7-8,20H,4-6,14H2,1-3H3. The third-order valence-corrected chi connectivity index (χ3v) is 3.10. The van der Waals surface area contributed by atoms with Crippen LogP contribution in [0.5, 0.6) is 0 Å². The van der Waals surface area contributed by atoms with E-state index >= 15 is 0 Å². The van der Waals surface area contributed by atoms with Crippen molar-refractivity contribution in [3.05, 3.63) is 23.8 Å². The summed E-state index contributed by atoms with van der Waals surface area (Å²) in [6.07, 6.45) is 1.47. The van der Waals surface area contributed by atoms with Gasteiger partial charge in [0.2, 0.25) is 0 Å². The van der Waals surface area contributed by atoms with Gasteiger partial charge in [0, 0.05) is 18.8 Å². The number of anilines is 2. The number of rotatable bonds is 5. The van der Waals surface area contributed by atoms with E-state index in [1.807, 2.05) is 31.7 Å². The second kappa shape index (κ2) is 5.87. The van der Waals surface area contributed by atoms with Gasteiger partial charge in [0.25, 0.3) is 0 Å². The Hall–Kier alpha value is -2.15. The van der Waals surface area contributed by atoms with Crippen molar-refractivity contribution >= 4 is 11.5 Å². The number of likely N-dealkylation sites (N-methyl/N-ethyl adjacent to an activating group) is 1. The smallest absolute Gasteiger partial charge is 0.182 e. The van der Waals surface area contributed by atoms with Crippen LogP contribution in [0.4, 0.5) is 11.5 Å². The molecule has 0 aliphatic rings. The Morgan fingerprint density at radius 3 is 2.65 bits per heavy atom. The van der Waals surface area contributed by atoms with Gasteiger partial charge in [-0.15, -0.1) is 0 Å². The first-order valence-electron chi connectivity index (χ1n) is 6.58. The van der Waals surface area contributed by atoms with Crippen LogP contribution in [0, 0.1) is 13.8 Å². The van der Waals surface area contributed by atoms with Crippen LogP contribution in [0.1, 0.15) is 18.3 Å². The molecule has 0 aromatic carbocycles. The molecule has 7 heteroatoms. The molecule has 0 fully saturated rings. The van der Waals surface area contributed by atoms with E-state index in [2.05, 4.69) is 15.1 Å². The van der Waals surface area contributed by atoms with Crippen LogP contribution in [0.3, 0.4) is 0 Å². The molecule has 0 bridgehead atoms. The molecule has 0 aliphatic heterocycles. The molecular formula is C13H20N6O. The summed E-state index contributed by atoms with van der Waals surface area (Å²) in [7, 11) is 0. The molecule has 2 rings (SSSR count). The Morgan fingerprint density at radius 1 is 1.35 bits per heavy atom.